The Labute approximate surface area is 244 Å². The molecule has 9 aliphatic rings. The lowest BCUT2D eigenvalue weighted by Crippen LogP contribution is -2.51. The second-order valence-electron chi connectivity index (χ2n) is 18.6. The average Bonchev–Trinajstić information content (AvgIpc) is 3.66. The molecular weight excluding hydrogens is 488 g/mol. The summed E-state index contributed by atoms with van der Waals surface area (Å²) in [6.45, 7) is 18.1. The molecule has 1 heterocycles. The SMILES string of the molecule is CC(Oc1c(C23CC4CC(CC(C4)C2)C3)c(C(C)(C)C)cc(C(C)(C)C)c1C12CC3CC(CC(C3)C1)C2)C1CO1. The van der Waals surface area contributed by atoms with E-state index in [1.807, 2.05) is 0 Å². The standard InChI is InChI=1S/C38H56O2/c1-22(31-21-39-31)40-34-32(37-15-23-8-24(16-37)10-25(9-23)17-37)29(35(2,3)4)14-30(36(5,6)7)33(34)38-18-26-11-27(19-38)13-28(12-26)20-38/h14,22-28,31H,8-13,15-21H2,1-7H3. The second-order valence-corrected chi connectivity index (χ2v) is 18.6. The van der Waals surface area contributed by atoms with E-state index in [0.29, 0.717) is 10.8 Å². The molecule has 1 aliphatic heterocycles. The van der Waals surface area contributed by atoms with Crippen LogP contribution >= 0.6 is 0 Å². The number of hydrogen-bond donors (Lipinski definition) is 0. The lowest BCUT2D eigenvalue weighted by molar-refractivity contribution is -0.0129. The van der Waals surface area contributed by atoms with Crippen LogP contribution in [-0.2, 0) is 26.4 Å². The van der Waals surface area contributed by atoms with Crippen molar-refractivity contribution in [1.29, 1.82) is 0 Å². The molecule has 1 aromatic rings. The van der Waals surface area contributed by atoms with E-state index in [2.05, 4.69) is 54.5 Å². The van der Waals surface area contributed by atoms with E-state index in [0.717, 1.165) is 42.1 Å². The zero-order valence-electron chi connectivity index (χ0n) is 26.7. The van der Waals surface area contributed by atoms with Crippen LogP contribution in [0.3, 0.4) is 0 Å². The number of epoxide rings is 1. The summed E-state index contributed by atoms with van der Waals surface area (Å²) in [5.41, 5.74) is 7.44. The lowest BCUT2D eigenvalue weighted by Gasteiger charge is -2.60. The summed E-state index contributed by atoms with van der Waals surface area (Å²) < 4.78 is 13.4. The van der Waals surface area contributed by atoms with Crippen LogP contribution in [0.1, 0.15) is 148 Å². The Kier molecular flexibility index (Phi) is 5.68. The van der Waals surface area contributed by atoms with Crippen LogP contribution in [0.25, 0.3) is 0 Å². The summed E-state index contributed by atoms with van der Waals surface area (Å²) in [4.78, 5) is 0. The number of rotatable bonds is 5. The van der Waals surface area contributed by atoms with Crippen molar-refractivity contribution in [1.82, 2.24) is 0 Å². The number of hydrogen-bond acceptors (Lipinski definition) is 2. The Balaban J connectivity index is 1.42. The third-order valence-electron chi connectivity index (χ3n) is 13.2. The van der Waals surface area contributed by atoms with E-state index in [-0.39, 0.29) is 23.0 Å². The smallest absolute Gasteiger partial charge is 0.127 e. The molecule has 8 bridgehead atoms. The molecule has 40 heavy (non-hydrogen) atoms. The van der Waals surface area contributed by atoms with Crippen molar-refractivity contribution in [3.05, 3.63) is 28.3 Å². The molecule has 2 nitrogen and oxygen atoms in total. The molecule has 0 radical (unpaired) electrons. The van der Waals surface area contributed by atoms with Crippen molar-refractivity contribution in [3.63, 3.8) is 0 Å². The highest BCUT2D eigenvalue weighted by atomic mass is 16.6. The molecule has 0 N–H and O–H groups in total. The van der Waals surface area contributed by atoms with Gasteiger partial charge in [-0.05, 0) is 141 Å². The van der Waals surface area contributed by atoms with Crippen molar-refractivity contribution in [2.24, 2.45) is 35.5 Å². The van der Waals surface area contributed by atoms with Crippen LogP contribution in [0.4, 0.5) is 0 Å². The Bertz CT molecular complexity index is 1040. The molecule has 220 valence electrons. The van der Waals surface area contributed by atoms with E-state index < -0.39 is 0 Å². The maximum absolute atomic E-state index is 7.53. The minimum absolute atomic E-state index is 0.0933. The van der Waals surface area contributed by atoms with E-state index in [1.54, 1.807) is 22.3 Å². The van der Waals surface area contributed by atoms with Gasteiger partial charge in [-0.1, -0.05) is 47.6 Å². The Morgan fingerprint density at radius 2 is 0.975 bits per heavy atom. The fourth-order valence-corrected chi connectivity index (χ4v) is 12.4. The molecule has 1 saturated heterocycles. The third kappa shape index (κ3) is 4.11. The van der Waals surface area contributed by atoms with E-state index in [1.165, 1.54) is 82.8 Å². The number of benzene rings is 1. The summed E-state index contributed by atoms with van der Waals surface area (Å²) in [5, 5.41) is 0. The summed E-state index contributed by atoms with van der Waals surface area (Å²) in [6.07, 6.45) is 17.8. The molecule has 0 aromatic heterocycles. The first-order valence-electron chi connectivity index (χ1n) is 17.3. The van der Waals surface area contributed by atoms with Gasteiger partial charge in [0.15, 0.2) is 0 Å². The highest BCUT2D eigenvalue weighted by molar-refractivity contribution is 5.62. The molecule has 9 fully saturated rings. The summed E-state index contributed by atoms with van der Waals surface area (Å²) in [7, 11) is 0. The predicted octanol–water partition coefficient (Wildman–Crippen LogP) is 9.38. The lowest BCUT2D eigenvalue weighted by atomic mass is 9.45. The Morgan fingerprint density at radius 1 is 0.650 bits per heavy atom. The molecule has 0 amide bonds. The Hall–Kier alpha value is -1.02. The summed E-state index contributed by atoms with van der Waals surface area (Å²) in [5.74, 6) is 6.98. The minimum atomic E-state index is 0.0933. The maximum Gasteiger partial charge on any atom is 0.127 e. The van der Waals surface area contributed by atoms with Crippen molar-refractivity contribution in [2.45, 2.75) is 159 Å². The van der Waals surface area contributed by atoms with Gasteiger partial charge in [0.1, 0.15) is 18.0 Å². The van der Waals surface area contributed by atoms with Crippen LogP contribution in [0.5, 0.6) is 5.75 Å². The first-order chi connectivity index (χ1) is 18.8. The maximum atomic E-state index is 7.53. The van der Waals surface area contributed by atoms with E-state index in [4.69, 9.17) is 9.47 Å². The van der Waals surface area contributed by atoms with Crippen LogP contribution in [-0.4, -0.2) is 18.8 Å². The normalized spacial score (nSPS) is 43.8. The molecule has 8 saturated carbocycles. The second kappa shape index (κ2) is 8.54. The van der Waals surface area contributed by atoms with E-state index in [9.17, 15) is 0 Å². The fourth-order valence-electron chi connectivity index (χ4n) is 12.4. The largest absolute Gasteiger partial charge is 0.487 e. The van der Waals surface area contributed by atoms with Crippen molar-refractivity contribution in [3.8, 4) is 5.75 Å². The summed E-state index contributed by atoms with van der Waals surface area (Å²) >= 11 is 0. The zero-order chi connectivity index (χ0) is 27.8. The van der Waals surface area contributed by atoms with Gasteiger partial charge in [-0.25, -0.2) is 0 Å². The highest BCUT2D eigenvalue weighted by Gasteiger charge is 2.58. The first kappa shape index (κ1) is 26.6. The van der Waals surface area contributed by atoms with Gasteiger partial charge in [-0.15, -0.1) is 0 Å². The molecule has 2 unspecified atom stereocenters. The van der Waals surface area contributed by atoms with E-state index >= 15 is 0 Å². The van der Waals surface area contributed by atoms with Crippen molar-refractivity contribution in [2.75, 3.05) is 6.61 Å². The van der Waals surface area contributed by atoms with Crippen molar-refractivity contribution >= 4 is 0 Å². The van der Waals surface area contributed by atoms with Crippen LogP contribution in [0.15, 0.2) is 6.07 Å². The number of ether oxygens (including phenoxy) is 2. The first-order valence-corrected chi connectivity index (χ1v) is 17.3. The molecule has 1 aromatic carbocycles. The van der Waals surface area contributed by atoms with Crippen molar-refractivity contribution < 1.29 is 9.47 Å². The quantitative estimate of drug-likeness (QED) is 0.344. The third-order valence-corrected chi connectivity index (χ3v) is 13.2. The Morgan fingerprint density at radius 3 is 1.25 bits per heavy atom. The zero-order valence-corrected chi connectivity index (χ0v) is 26.7. The van der Waals surface area contributed by atoms with Gasteiger partial charge in [0, 0.05) is 22.0 Å². The molecule has 10 rings (SSSR count). The minimum Gasteiger partial charge on any atom is -0.487 e. The predicted molar refractivity (Wildman–Crippen MR) is 163 cm³/mol. The molecular formula is C38H56O2. The van der Waals surface area contributed by atoms with Gasteiger partial charge < -0.3 is 9.47 Å². The molecule has 8 aliphatic carbocycles. The summed E-state index contributed by atoms with van der Waals surface area (Å²) in [6, 6.07) is 2.77. The van der Waals surface area contributed by atoms with Gasteiger partial charge in [0.25, 0.3) is 0 Å². The molecule has 2 atom stereocenters. The van der Waals surface area contributed by atoms with Crippen LogP contribution in [0, 0.1) is 35.5 Å². The molecule has 2 heteroatoms. The van der Waals surface area contributed by atoms with Gasteiger partial charge in [-0.2, -0.15) is 0 Å². The molecule has 0 spiro atoms. The van der Waals surface area contributed by atoms with Crippen LogP contribution in [0.2, 0.25) is 0 Å². The van der Waals surface area contributed by atoms with Crippen LogP contribution < -0.4 is 4.74 Å². The topological polar surface area (TPSA) is 21.8 Å². The monoisotopic (exact) mass is 544 g/mol. The van der Waals surface area contributed by atoms with Gasteiger partial charge >= 0.3 is 0 Å². The van der Waals surface area contributed by atoms with Gasteiger partial charge in [0.2, 0.25) is 0 Å². The average molecular weight is 545 g/mol. The highest BCUT2D eigenvalue weighted by Crippen LogP contribution is 2.68. The van der Waals surface area contributed by atoms with Gasteiger partial charge in [-0.3, -0.25) is 0 Å². The van der Waals surface area contributed by atoms with Gasteiger partial charge in [0.05, 0.1) is 6.61 Å². The fraction of sp³-hybridized carbons (Fsp3) is 0.842.